The third-order valence-electron chi connectivity index (χ3n) is 5.58. The second-order valence-electron chi connectivity index (χ2n) is 7.74. The van der Waals surface area contributed by atoms with Crippen molar-refractivity contribution in [3.05, 3.63) is 22.4 Å². The fourth-order valence-electron chi connectivity index (χ4n) is 3.97. The summed E-state index contributed by atoms with van der Waals surface area (Å²) in [7, 11) is 0. The second kappa shape index (κ2) is 6.02. The van der Waals surface area contributed by atoms with E-state index in [1.807, 2.05) is 11.3 Å². The van der Waals surface area contributed by atoms with Gasteiger partial charge in [-0.05, 0) is 67.3 Å². The van der Waals surface area contributed by atoms with Crippen molar-refractivity contribution in [2.45, 2.75) is 64.6 Å². The topological polar surface area (TPSA) is 15.3 Å². The van der Waals surface area contributed by atoms with Gasteiger partial charge in [0.25, 0.3) is 0 Å². The van der Waals surface area contributed by atoms with Crippen molar-refractivity contribution in [2.24, 2.45) is 11.8 Å². The Morgan fingerprint density at radius 3 is 2.71 bits per heavy atom. The number of piperazine rings is 1. The molecule has 3 heteroatoms. The molecule has 1 N–H and O–H groups in total. The van der Waals surface area contributed by atoms with Crippen LogP contribution in [-0.4, -0.2) is 35.6 Å². The van der Waals surface area contributed by atoms with Gasteiger partial charge in [0.2, 0.25) is 0 Å². The Bertz CT molecular complexity index is 452. The molecule has 0 spiro atoms. The number of thiophene rings is 1. The minimum absolute atomic E-state index is 0.342. The van der Waals surface area contributed by atoms with E-state index in [1.54, 1.807) is 0 Å². The van der Waals surface area contributed by atoms with Gasteiger partial charge in [0.1, 0.15) is 0 Å². The van der Waals surface area contributed by atoms with Crippen LogP contribution in [0.4, 0.5) is 0 Å². The summed E-state index contributed by atoms with van der Waals surface area (Å²) in [6.07, 6.45) is 4.03. The van der Waals surface area contributed by atoms with Crippen LogP contribution in [-0.2, 0) is 6.42 Å². The average molecular weight is 307 g/mol. The highest BCUT2D eigenvalue weighted by Gasteiger charge is 2.47. The molecule has 1 aliphatic carbocycles. The Hall–Kier alpha value is -0.380. The minimum Gasteiger partial charge on any atom is -0.308 e. The van der Waals surface area contributed by atoms with Gasteiger partial charge in [0.05, 0.1) is 0 Å². The molecule has 1 saturated heterocycles. The molecular weight excluding hydrogens is 276 g/mol. The molecule has 3 unspecified atom stereocenters. The van der Waals surface area contributed by atoms with E-state index in [0.29, 0.717) is 23.5 Å². The number of hydrogen-bond acceptors (Lipinski definition) is 3. The Kier molecular flexibility index (Phi) is 4.45. The van der Waals surface area contributed by atoms with E-state index in [0.717, 1.165) is 12.5 Å². The Morgan fingerprint density at radius 2 is 2.14 bits per heavy atom. The van der Waals surface area contributed by atoms with Crippen molar-refractivity contribution in [3.63, 3.8) is 0 Å². The van der Waals surface area contributed by atoms with E-state index in [-0.39, 0.29) is 0 Å². The van der Waals surface area contributed by atoms with E-state index >= 15 is 0 Å². The molecular formula is C18H30N2S. The molecule has 2 nitrogen and oxygen atoms in total. The molecule has 0 bridgehead atoms. The lowest BCUT2D eigenvalue weighted by Gasteiger charge is -2.50. The maximum absolute atomic E-state index is 3.89. The largest absolute Gasteiger partial charge is 0.308 e. The van der Waals surface area contributed by atoms with E-state index in [2.05, 4.69) is 54.7 Å². The average Bonchev–Trinajstić information content (AvgIpc) is 3.19. The summed E-state index contributed by atoms with van der Waals surface area (Å²) in [6.45, 7) is 12.0. The first-order valence-corrected chi connectivity index (χ1v) is 9.46. The van der Waals surface area contributed by atoms with Crippen molar-refractivity contribution in [1.82, 2.24) is 10.2 Å². The van der Waals surface area contributed by atoms with E-state index in [1.165, 1.54) is 31.4 Å². The van der Waals surface area contributed by atoms with Gasteiger partial charge >= 0.3 is 0 Å². The summed E-state index contributed by atoms with van der Waals surface area (Å²) in [6, 6.07) is 3.59. The zero-order valence-corrected chi connectivity index (χ0v) is 14.7. The van der Waals surface area contributed by atoms with Gasteiger partial charge in [-0.1, -0.05) is 13.8 Å². The highest BCUT2D eigenvalue weighted by Crippen LogP contribution is 2.42. The van der Waals surface area contributed by atoms with Crippen LogP contribution in [0.1, 0.15) is 46.1 Å². The van der Waals surface area contributed by atoms with Gasteiger partial charge in [-0.2, -0.15) is 11.3 Å². The van der Waals surface area contributed by atoms with Crippen LogP contribution in [0.2, 0.25) is 0 Å². The Morgan fingerprint density at radius 1 is 1.38 bits per heavy atom. The molecule has 2 heterocycles. The summed E-state index contributed by atoms with van der Waals surface area (Å²) in [5.41, 5.74) is 1.84. The van der Waals surface area contributed by atoms with Crippen LogP contribution in [0.5, 0.6) is 0 Å². The maximum Gasteiger partial charge on any atom is 0.0309 e. The predicted molar refractivity (Wildman–Crippen MR) is 91.9 cm³/mol. The Balaban J connectivity index is 1.73. The Labute approximate surface area is 133 Å². The summed E-state index contributed by atoms with van der Waals surface area (Å²) >= 11 is 1.82. The molecule has 3 atom stereocenters. The predicted octanol–water partition coefficient (Wildman–Crippen LogP) is 3.78. The molecule has 0 amide bonds. The van der Waals surface area contributed by atoms with E-state index in [4.69, 9.17) is 0 Å². The lowest BCUT2D eigenvalue weighted by atomic mass is 9.86. The quantitative estimate of drug-likeness (QED) is 0.890. The first-order chi connectivity index (χ1) is 9.99. The molecule has 2 fully saturated rings. The molecule has 1 aliphatic heterocycles. The van der Waals surface area contributed by atoms with Gasteiger partial charge in [-0.25, -0.2) is 0 Å². The van der Waals surface area contributed by atoms with Gasteiger partial charge in [0.15, 0.2) is 0 Å². The summed E-state index contributed by atoms with van der Waals surface area (Å²) in [5.74, 6) is 1.62. The number of hydrogen-bond donors (Lipinski definition) is 1. The molecule has 21 heavy (non-hydrogen) atoms. The maximum atomic E-state index is 3.89. The van der Waals surface area contributed by atoms with Crippen LogP contribution < -0.4 is 5.32 Å². The second-order valence-corrected chi connectivity index (χ2v) is 8.52. The first kappa shape index (κ1) is 15.5. The van der Waals surface area contributed by atoms with Crippen molar-refractivity contribution in [2.75, 3.05) is 13.1 Å². The highest BCUT2D eigenvalue weighted by atomic mass is 32.1. The third kappa shape index (κ3) is 3.35. The van der Waals surface area contributed by atoms with Crippen LogP contribution >= 0.6 is 11.3 Å². The molecule has 118 valence electrons. The zero-order valence-electron chi connectivity index (χ0n) is 13.9. The molecule has 3 rings (SSSR count). The normalized spacial score (nSPS) is 32.5. The fourth-order valence-corrected chi connectivity index (χ4v) is 4.65. The van der Waals surface area contributed by atoms with Crippen molar-refractivity contribution in [1.29, 1.82) is 0 Å². The molecule has 1 aromatic heterocycles. The number of nitrogens with zero attached hydrogens (tertiary/aromatic N) is 1. The smallest absolute Gasteiger partial charge is 0.0309 e. The monoisotopic (exact) mass is 306 g/mol. The number of nitrogens with one attached hydrogen (secondary N) is 1. The molecule has 1 aromatic rings. The first-order valence-electron chi connectivity index (χ1n) is 8.51. The van der Waals surface area contributed by atoms with Gasteiger partial charge < -0.3 is 5.32 Å². The third-order valence-corrected chi connectivity index (χ3v) is 6.31. The van der Waals surface area contributed by atoms with Crippen molar-refractivity contribution in [3.8, 4) is 0 Å². The van der Waals surface area contributed by atoms with Gasteiger partial charge in [-0.15, -0.1) is 0 Å². The zero-order chi connectivity index (χ0) is 15.0. The summed E-state index contributed by atoms with van der Waals surface area (Å²) in [4.78, 5) is 2.80. The van der Waals surface area contributed by atoms with Gasteiger partial charge in [-0.3, -0.25) is 4.90 Å². The van der Waals surface area contributed by atoms with Gasteiger partial charge in [0, 0.05) is 30.7 Å². The lowest BCUT2D eigenvalue weighted by Crippen LogP contribution is -2.67. The van der Waals surface area contributed by atoms with E-state index in [9.17, 15) is 0 Å². The molecule has 0 radical (unpaired) electrons. The van der Waals surface area contributed by atoms with Crippen LogP contribution in [0.15, 0.2) is 16.8 Å². The standard InChI is InChI=1S/C18H30N2S/c1-13(2)17-10-19-18(4,16-5-6-16)12-20(17)14(3)9-15-7-8-21-11-15/h7-8,11,13-14,16-17,19H,5-6,9-10,12H2,1-4H3. The van der Waals surface area contributed by atoms with Crippen LogP contribution in [0, 0.1) is 11.8 Å². The van der Waals surface area contributed by atoms with Crippen molar-refractivity contribution >= 4 is 11.3 Å². The van der Waals surface area contributed by atoms with E-state index < -0.39 is 0 Å². The summed E-state index contributed by atoms with van der Waals surface area (Å²) in [5, 5.41) is 8.40. The lowest BCUT2D eigenvalue weighted by molar-refractivity contribution is 0.0237. The van der Waals surface area contributed by atoms with Crippen molar-refractivity contribution < 1.29 is 0 Å². The van der Waals surface area contributed by atoms with Crippen LogP contribution in [0.25, 0.3) is 0 Å². The molecule has 0 aromatic carbocycles. The number of rotatable bonds is 5. The molecule has 1 saturated carbocycles. The SMILES string of the molecule is CC(C)C1CNC(C)(C2CC2)CN1C(C)Cc1ccsc1. The highest BCUT2D eigenvalue weighted by molar-refractivity contribution is 7.07. The molecule has 2 aliphatic rings. The fraction of sp³-hybridized carbons (Fsp3) is 0.778. The van der Waals surface area contributed by atoms with Crippen LogP contribution in [0.3, 0.4) is 0 Å². The minimum atomic E-state index is 0.342. The summed E-state index contributed by atoms with van der Waals surface area (Å²) < 4.78 is 0.